The summed E-state index contributed by atoms with van der Waals surface area (Å²) >= 11 is 6.40. The number of rotatable bonds is 13. The Morgan fingerprint density at radius 1 is 0.955 bits per heavy atom. The number of halogens is 1. The molecule has 0 radical (unpaired) electrons. The molecule has 2 amide bonds. The molecule has 236 valence electrons. The van der Waals surface area contributed by atoms with Crippen molar-refractivity contribution in [2.75, 3.05) is 25.1 Å². The van der Waals surface area contributed by atoms with Crippen LogP contribution in [-0.2, 0) is 26.2 Å². The molecule has 0 heterocycles. The van der Waals surface area contributed by atoms with Crippen molar-refractivity contribution in [3.63, 3.8) is 0 Å². The number of methoxy groups -OCH3 is 2. The Balaban J connectivity index is 1.72. The van der Waals surface area contributed by atoms with Gasteiger partial charge in [-0.3, -0.25) is 13.9 Å². The lowest BCUT2D eigenvalue weighted by Gasteiger charge is -2.34. The second-order valence-corrected chi connectivity index (χ2v) is 13.1. The van der Waals surface area contributed by atoms with Gasteiger partial charge in [-0.05, 0) is 67.3 Å². The Hall–Kier alpha value is -3.76. The van der Waals surface area contributed by atoms with Gasteiger partial charge in [-0.15, -0.1) is 0 Å². The summed E-state index contributed by atoms with van der Waals surface area (Å²) in [5.41, 5.74) is 0.963. The van der Waals surface area contributed by atoms with Crippen molar-refractivity contribution >= 4 is 39.1 Å². The summed E-state index contributed by atoms with van der Waals surface area (Å²) in [6.07, 6.45) is 5.39. The van der Waals surface area contributed by atoms with E-state index in [0.29, 0.717) is 17.9 Å². The highest BCUT2D eigenvalue weighted by molar-refractivity contribution is 7.92. The van der Waals surface area contributed by atoms with Crippen LogP contribution < -0.4 is 19.1 Å². The van der Waals surface area contributed by atoms with E-state index in [-0.39, 0.29) is 34.1 Å². The Morgan fingerprint density at radius 3 is 2.23 bits per heavy atom. The molecular formula is C33H40ClN3O6S. The number of carbonyl (C=O) groups excluding carboxylic acids is 2. The minimum atomic E-state index is -4.21. The maximum atomic E-state index is 14.3. The molecular weight excluding hydrogens is 602 g/mol. The molecule has 1 aliphatic carbocycles. The minimum Gasteiger partial charge on any atom is -0.497 e. The summed E-state index contributed by atoms with van der Waals surface area (Å²) < 4.78 is 39.6. The first-order valence-electron chi connectivity index (χ1n) is 14.8. The van der Waals surface area contributed by atoms with Crippen molar-refractivity contribution in [2.45, 2.75) is 69.0 Å². The number of sulfonamides is 1. The molecule has 44 heavy (non-hydrogen) atoms. The van der Waals surface area contributed by atoms with Crippen molar-refractivity contribution in [3.05, 3.63) is 83.4 Å². The minimum absolute atomic E-state index is 0.0172. The maximum Gasteiger partial charge on any atom is 0.264 e. The number of amides is 2. The van der Waals surface area contributed by atoms with Gasteiger partial charge in [0.25, 0.3) is 10.0 Å². The lowest BCUT2D eigenvalue weighted by molar-refractivity contribution is -0.140. The molecule has 1 N–H and O–H groups in total. The van der Waals surface area contributed by atoms with Crippen LogP contribution in [0.5, 0.6) is 11.5 Å². The second-order valence-electron chi connectivity index (χ2n) is 10.8. The Kier molecular flexibility index (Phi) is 11.5. The zero-order valence-corrected chi connectivity index (χ0v) is 26.9. The highest BCUT2D eigenvalue weighted by Gasteiger charge is 2.34. The standard InChI is InChI=1S/C33H40ClN3O6S/c1-4-30(33(39)35-25-11-7-5-8-12-25)36(22-24-15-18-27(42-2)19-16-24)32(38)23-37(26-17-20-31(43-3)29(34)21-26)44(40,41)28-13-9-6-10-14-28/h6,9-10,13-21,25,30H,4-5,7-8,11-12,22-23H2,1-3H3,(H,35,39)/t30-/m0/s1. The summed E-state index contributed by atoms with van der Waals surface area (Å²) in [7, 11) is -1.18. The molecule has 3 aromatic carbocycles. The highest BCUT2D eigenvalue weighted by Crippen LogP contribution is 2.32. The molecule has 1 aliphatic rings. The predicted octanol–water partition coefficient (Wildman–Crippen LogP) is 5.81. The lowest BCUT2D eigenvalue weighted by atomic mass is 9.95. The zero-order valence-electron chi connectivity index (χ0n) is 25.4. The van der Waals surface area contributed by atoms with Gasteiger partial charge in [0.2, 0.25) is 11.8 Å². The first kappa shape index (κ1) is 33.1. The predicted molar refractivity (Wildman–Crippen MR) is 172 cm³/mol. The third kappa shape index (κ3) is 8.04. The molecule has 0 unspecified atom stereocenters. The van der Waals surface area contributed by atoms with Gasteiger partial charge in [0.05, 0.1) is 29.8 Å². The van der Waals surface area contributed by atoms with Gasteiger partial charge in [-0.25, -0.2) is 8.42 Å². The smallest absolute Gasteiger partial charge is 0.264 e. The zero-order chi connectivity index (χ0) is 31.7. The SMILES string of the molecule is CC[C@@H](C(=O)NC1CCCCC1)N(Cc1ccc(OC)cc1)C(=O)CN(c1ccc(OC)c(Cl)c1)S(=O)(=O)c1ccccc1. The van der Waals surface area contributed by atoms with Crippen LogP contribution in [0.15, 0.2) is 77.7 Å². The number of nitrogens with zero attached hydrogens (tertiary/aromatic N) is 2. The number of carbonyl (C=O) groups is 2. The van der Waals surface area contributed by atoms with Crippen LogP contribution in [0.3, 0.4) is 0 Å². The monoisotopic (exact) mass is 641 g/mol. The number of hydrogen-bond acceptors (Lipinski definition) is 6. The Labute approximate surface area is 265 Å². The average Bonchev–Trinajstić information content (AvgIpc) is 3.04. The van der Waals surface area contributed by atoms with Gasteiger partial charge < -0.3 is 19.7 Å². The van der Waals surface area contributed by atoms with Crippen LogP contribution >= 0.6 is 11.6 Å². The summed E-state index contributed by atoms with van der Waals surface area (Å²) in [6, 6.07) is 18.9. The number of benzene rings is 3. The van der Waals surface area contributed by atoms with Gasteiger partial charge in [0.1, 0.15) is 24.1 Å². The van der Waals surface area contributed by atoms with Gasteiger partial charge in [0.15, 0.2) is 0 Å². The largest absolute Gasteiger partial charge is 0.497 e. The molecule has 3 aromatic rings. The van der Waals surface area contributed by atoms with Crippen LogP contribution in [0.1, 0.15) is 51.0 Å². The van der Waals surface area contributed by atoms with Crippen molar-refractivity contribution < 1.29 is 27.5 Å². The number of anilines is 1. The summed E-state index contributed by atoms with van der Waals surface area (Å²) in [5, 5.41) is 3.35. The summed E-state index contributed by atoms with van der Waals surface area (Å²) in [5.74, 6) is 0.250. The van der Waals surface area contributed by atoms with E-state index < -0.39 is 28.5 Å². The van der Waals surface area contributed by atoms with Crippen LogP contribution in [0.25, 0.3) is 0 Å². The average molecular weight is 642 g/mol. The van der Waals surface area contributed by atoms with E-state index >= 15 is 0 Å². The second kappa shape index (κ2) is 15.3. The molecule has 1 atom stereocenters. The van der Waals surface area contributed by atoms with Crippen LogP contribution in [0.2, 0.25) is 5.02 Å². The molecule has 1 fully saturated rings. The molecule has 0 spiro atoms. The topological polar surface area (TPSA) is 105 Å². The van der Waals surface area contributed by atoms with E-state index in [9.17, 15) is 18.0 Å². The van der Waals surface area contributed by atoms with E-state index in [1.165, 1.54) is 30.2 Å². The molecule has 0 saturated heterocycles. The van der Waals surface area contributed by atoms with Crippen LogP contribution in [0.4, 0.5) is 5.69 Å². The highest BCUT2D eigenvalue weighted by atomic mass is 35.5. The van der Waals surface area contributed by atoms with Crippen molar-refractivity contribution in [1.82, 2.24) is 10.2 Å². The number of nitrogens with one attached hydrogen (secondary N) is 1. The summed E-state index contributed by atoms with van der Waals surface area (Å²) in [4.78, 5) is 29.5. The van der Waals surface area contributed by atoms with Gasteiger partial charge in [0, 0.05) is 12.6 Å². The fourth-order valence-corrected chi connectivity index (χ4v) is 7.13. The Morgan fingerprint density at radius 2 is 1.64 bits per heavy atom. The van der Waals surface area contributed by atoms with Crippen LogP contribution in [0, 0.1) is 0 Å². The summed E-state index contributed by atoms with van der Waals surface area (Å²) in [6.45, 7) is 1.40. The van der Waals surface area contributed by atoms with E-state index in [4.69, 9.17) is 21.1 Å². The van der Waals surface area contributed by atoms with E-state index in [1.807, 2.05) is 19.1 Å². The van der Waals surface area contributed by atoms with Crippen LogP contribution in [-0.4, -0.2) is 58.0 Å². The molecule has 0 bridgehead atoms. The third-order valence-corrected chi connectivity index (χ3v) is 9.97. The lowest BCUT2D eigenvalue weighted by Crippen LogP contribution is -2.54. The Bertz CT molecular complexity index is 1510. The molecule has 1 saturated carbocycles. The fraction of sp³-hybridized carbons (Fsp3) is 0.394. The van der Waals surface area contributed by atoms with E-state index in [1.54, 1.807) is 49.6 Å². The molecule has 4 rings (SSSR count). The first-order chi connectivity index (χ1) is 21.2. The molecule has 11 heteroatoms. The van der Waals surface area contributed by atoms with Crippen molar-refractivity contribution in [2.24, 2.45) is 0 Å². The quantitative estimate of drug-likeness (QED) is 0.253. The fourth-order valence-electron chi connectivity index (χ4n) is 5.45. The third-order valence-electron chi connectivity index (χ3n) is 7.88. The van der Waals surface area contributed by atoms with Gasteiger partial charge in [-0.1, -0.05) is 68.1 Å². The van der Waals surface area contributed by atoms with Crippen molar-refractivity contribution in [3.8, 4) is 11.5 Å². The van der Waals surface area contributed by atoms with E-state index in [0.717, 1.165) is 42.0 Å². The van der Waals surface area contributed by atoms with Gasteiger partial charge >= 0.3 is 0 Å². The van der Waals surface area contributed by atoms with Gasteiger partial charge in [-0.2, -0.15) is 0 Å². The number of ether oxygens (including phenoxy) is 2. The van der Waals surface area contributed by atoms with E-state index in [2.05, 4.69) is 5.32 Å². The molecule has 0 aromatic heterocycles. The first-order valence-corrected chi connectivity index (χ1v) is 16.6. The van der Waals surface area contributed by atoms with Crippen molar-refractivity contribution in [1.29, 1.82) is 0 Å². The normalized spacial score (nSPS) is 14.4. The molecule has 0 aliphatic heterocycles. The maximum absolute atomic E-state index is 14.3. The molecule has 9 nitrogen and oxygen atoms in total. The number of hydrogen-bond donors (Lipinski definition) is 1.